The molecule has 1 unspecified atom stereocenters. The van der Waals surface area contributed by atoms with E-state index < -0.39 is 11.9 Å². The second-order valence-corrected chi connectivity index (χ2v) is 9.63. The van der Waals surface area contributed by atoms with E-state index in [4.69, 9.17) is 34.3 Å². The molecule has 2 aromatic rings. The highest BCUT2D eigenvalue weighted by Gasteiger charge is 2.29. The third kappa shape index (κ3) is 6.41. The Kier molecular flexibility index (Phi) is 8.58. The number of carbonyl (C=O) groups is 2. The maximum absolute atomic E-state index is 12.8. The second kappa shape index (κ2) is 11.8. The van der Waals surface area contributed by atoms with Crippen molar-refractivity contribution in [1.82, 2.24) is 15.1 Å². The average Bonchev–Trinajstić information content (AvgIpc) is 2.88. The summed E-state index contributed by atoms with van der Waals surface area (Å²) in [6.07, 6.45) is 0.0961. The third-order valence-corrected chi connectivity index (χ3v) is 6.91. The first-order valence-electron chi connectivity index (χ1n) is 11.8. The van der Waals surface area contributed by atoms with Crippen molar-refractivity contribution in [3.05, 3.63) is 63.6 Å². The molecule has 2 amide bonds. The summed E-state index contributed by atoms with van der Waals surface area (Å²) in [6.45, 7) is 4.51. The molecule has 1 saturated heterocycles. The Bertz CT molecular complexity index is 1160. The topological polar surface area (TPSA) is 127 Å². The van der Waals surface area contributed by atoms with Gasteiger partial charge >= 0.3 is 0 Å². The Morgan fingerprint density at radius 2 is 1.83 bits per heavy atom. The number of carbonyl (C=O) groups excluding carboxylic acids is 2. The normalized spacial score (nSPS) is 18.4. The predicted octanol–water partition coefficient (Wildman–Crippen LogP) is 2.63. The van der Waals surface area contributed by atoms with Gasteiger partial charge in [0.1, 0.15) is 5.84 Å². The minimum Gasteiger partial charge on any atom is -0.386 e. The molecule has 11 heteroatoms. The van der Waals surface area contributed by atoms with Crippen LogP contribution in [0.3, 0.4) is 0 Å². The molecule has 9 nitrogen and oxygen atoms in total. The second-order valence-electron chi connectivity index (χ2n) is 8.78. The van der Waals surface area contributed by atoms with Crippen LogP contribution < -0.4 is 16.4 Å². The lowest BCUT2D eigenvalue weighted by molar-refractivity contribution is -0.110. The first-order chi connectivity index (χ1) is 17.3. The predicted molar refractivity (Wildman–Crippen MR) is 143 cm³/mol. The van der Waals surface area contributed by atoms with E-state index in [2.05, 4.69) is 20.5 Å². The van der Waals surface area contributed by atoms with Gasteiger partial charge in [-0.2, -0.15) is 0 Å². The number of hydrogen-bond donors (Lipinski definition) is 4. The Labute approximate surface area is 220 Å². The van der Waals surface area contributed by atoms with Gasteiger partial charge in [0.25, 0.3) is 11.8 Å². The third-order valence-electron chi connectivity index (χ3n) is 6.31. The van der Waals surface area contributed by atoms with Crippen LogP contribution in [0.25, 0.3) is 0 Å². The van der Waals surface area contributed by atoms with Gasteiger partial charge in [0.15, 0.2) is 0 Å². The van der Waals surface area contributed by atoms with Crippen LogP contribution in [0.1, 0.15) is 22.3 Å². The molecular weight excluding hydrogens is 501 g/mol. The van der Waals surface area contributed by atoms with Gasteiger partial charge in [0.2, 0.25) is 0 Å². The molecule has 36 heavy (non-hydrogen) atoms. The molecule has 1 fully saturated rings. The molecule has 190 valence electrons. The fraction of sp³-hybridized carbons (Fsp3) is 0.360. The number of rotatable bonds is 7. The van der Waals surface area contributed by atoms with E-state index >= 15 is 0 Å². The van der Waals surface area contributed by atoms with Gasteiger partial charge in [-0.05, 0) is 48.0 Å². The Hall–Kier alpha value is -2.98. The molecule has 4 rings (SSSR count). The van der Waals surface area contributed by atoms with Crippen LogP contribution in [0, 0.1) is 5.41 Å². The lowest BCUT2D eigenvalue weighted by Gasteiger charge is -2.34. The van der Waals surface area contributed by atoms with Gasteiger partial charge in [-0.25, -0.2) is 0 Å². The highest BCUT2D eigenvalue weighted by molar-refractivity contribution is 6.42. The number of benzene rings is 2. The van der Waals surface area contributed by atoms with Crippen LogP contribution in [-0.4, -0.2) is 78.5 Å². The largest absolute Gasteiger partial charge is 0.386 e. The minimum absolute atomic E-state index is 0.0333. The molecule has 0 aromatic heterocycles. The molecule has 0 aliphatic carbocycles. The number of piperazine rings is 1. The molecule has 2 aliphatic heterocycles. The van der Waals surface area contributed by atoms with Crippen molar-refractivity contribution in [3.8, 4) is 0 Å². The molecule has 2 aromatic carbocycles. The Morgan fingerprint density at radius 3 is 2.56 bits per heavy atom. The van der Waals surface area contributed by atoms with Crippen LogP contribution >= 0.6 is 23.2 Å². The number of amidine groups is 1. The Morgan fingerprint density at radius 1 is 1.11 bits per heavy atom. The van der Waals surface area contributed by atoms with Crippen molar-refractivity contribution < 1.29 is 9.59 Å². The number of hydrogen-bond acceptors (Lipinski definition) is 7. The molecule has 0 bridgehead atoms. The minimum atomic E-state index is -0.532. The molecule has 2 heterocycles. The van der Waals surface area contributed by atoms with E-state index in [0.29, 0.717) is 59.9 Å². The fourth-order valence-corrected chi connectivity index (χ4v) is 4.67. The van der Waals surface area contributed by atoms with Crippen molar-refractivity contribution in [2.75, 3.05) is 44.6 Å². The maximum Gasteiger partial charge on any atom is 0.269 e. The van der Waals surface area contributed by atoms with Crippen LogP contribution in [0.15, 0.2) is 47.5 Å². The number of amides is 2. The molecule has 2 aliphatic rings. The summed E-state index contributed by atoms with van der Waals surface area (Å²) in [5.74, 6) is -0.183. The van der Waals surface area contributed by atoms with Crippen molar-refractivity contribution in [3.63, 3.8) is 0 Å². The smallest absolute Gasteiger partial charge is 0.269 e. The molecule has 0 radical (unpaired) electrons. The van der Waals surface area contributed by atoms with Gasteiger partial charge < -0.3 is 21.3 Å². The number of aliphatic imine (C=N–C) groups is 1. The number of nitrogens with zero attached hydrogens (tertiary/aromatic N) is 3. The first-order valence-corrected chi connectivity index (χ1v) is 12.5. The SMILES string of the molecule is N=C(CC1C(N)=NCCN1Cc1cc(Cl)ccc1Cl)C(=O)Nc1ccc(C(=O)N2CCNCC2)cc1. The average molecular weight is 530 g/mol. The van der Waals surface area contributed by atoms with E-state index in [1.165, 1.54) is 0 Å². The van der Waals surface area contributed by atoms with E-state index in [-0.39, 0.29) is 18.0 Å². The number of anilines is 1. The first kappa shape index (κ1) is 26.1. The standard InChI is InChI=1S/C25H29Cl2N7O2/c26-18-3-6-20(27)17(13-18)15-34-12-9-31-23(29)22(34)14-21(28)24(35)32-19-4-1-16(2-5-19)25(36)33-10-7-30-8-11-33/h1-6,13,22,28,30H,7-12,14-15H2,(H2,29,31)(H,32,35). The number of nitrogens with two attached hydrogens (primary N) is 1. The Balaban J connectivity index is 1.37. The number of nitrogens with one attached hydrogen (secondary N) is 3. The monoisotopic (exact) mass is 529 g/mol. The molecular formula is C25H29Cl2N7O2. The quantitative estimate of drug-likeness (QED) is 0.410. The van der Waals surface area contributed by atoms with E-state index in [0.717, 1.165) is 18.7 Å². The fourth-order valence-electron chi connectivity index (χ4n) is 4.30. The summed E-state index contributed by atoms with van der Waals surface area (Å²) in [4.78, 5) is 33.6. The summed E-state index contributed by atoms with van der Waals surface area (Å²) in [5, 5.41) is 15.5. The summed E-state index contributed by atoms with van der Waals surface area (Å²) in [5.41, 5.74) is 7.97. The molecule has 1 atom stereocenters. The summed E-state index contributed by atoms with van der Waals surface area (Å²) >= 11 is 12.5. The number of halogens is 2. The van der Waals surface area contributed by atoms with E-state index in [1.54, 1.807) is 47.4 Å². The lowest BCUT2D eigenvalue weighted by atomic mass is 10.0. The van der Waals surface area contributed by atoms with Crippen LogP contribution in [0.4, 0.5) is 5.69 Å². The summed E-state index contributed by atoms with van der Waals surface area (Å²) < 4.78 is 0. The summed E-state index contributed by atoms with van der Waals surface area (Å²) in [6, 6.07) is 11.6. The van der Waals surface area contributed by atoms with Gasteiger partial charge in [0, 0.05) is 67.0 Å². The molecule has 5 N–H and O–H groups in total. The van der Waals surface area contributed by atoms with Gasteiger partial charge in [0.05, 0.1) is 18.3 Å². The van der Waals surface area contributed by atoms with Crippen molar-refractivity contribution >= 4 is 52.3 Å². The maximum atomic E-state index is 12.8. The van der Waals surface area contributed by atoms with Crippen molar-refractivity contribution in [1.29, 1.82) is 5.41 Å². The van der Waals surface area contributed by atoms with Crippen LogP contribution in [-0.2, 0) is 11.3 Å². The van der Waals surface area contributed by atoms with Crippen molar-refractivity contribution in [2.24, 2.45) is 10.7 Å². The summed E-state index contributed by atoms with van der Waals surface area (Å²) in [7, 11) is 0. The highest BCUT2D eigenvalue weighted by atomic mass is 35.5. The lowest BCUT2D eigenvalue weighted by Crippen LogP contribution is -2.50. The van der Waals surface area contributed by atoms with E-state index in [1.807, 2.05) is 0 Å². The van der Waals surface area contributed by atoms with E-state index in [9.17, 15) is 9.59 Å². The zero-order valence-corrected chi connectivity index (χ0v) is 21.3. The molecule has 0 saturated carbocycles. The van der Waals surface area contributed by atoms with Gasteiger partial charge in [-0.15, -0.1) is 0 Å². The highest BCUT2D eigenvalue weighted by Crippen LogP contribution is 2.24. The zero-order chi connectivity index (χ0) is 25.7. The molecule has 0 spiro atoms. The van der Waals surface area contributed by atoms with Gasteiger partial charge in [-0.3, -0.25) is 24.9 Å². The van der Waals surface area contributed by atoms with Crippen molar-refractivity contribution in [2.45, 2.75) is 19.0 Å². The van der Waals surface area contributed by atoms with Crippen LogP contribution in [0.2, 0.25) is 10.0 Å². The van der Waals surface area contributed by atoms with Gasteiger partial charge in [-0.1, -0.05) is 23.2 Å². The zero-order valence-electron chi connectivity index (χ0n) is 19.8. The van der Waals surface area contributed by atoms with Crippen LogP contribution in [0.5, 0.6) is 0 Å².